The van der Waals surface area contributed by atoms with Crippen molar-refractivity contribution in [3.8, 4) is 5.69 Å². The molecule has 0 bridgehead atoms. The first-order valence-corrected chi connectivity index (χ1v) is 10.5. The van der Waals surface area contributed by atoms with E-state index in [4.69, 9.17) is 4.74 Å². The Morgan fingerprint density at radius 3 is 2.66 bits per heavy atom. The lowest BCUT2D eigenvalue weighted by molar-refractivity contribution is 0.102. The predicted octanol–water partition coefficient (Wildman–Crippen LogP) is 3.88. The van der Waals surface area contributed by atoms with Crippen LogP contribution in [0.5, 0.6) is 0 Å². The van der Waals surface area contributed by atoms with Crippen molar-refractivity contribution in [3.63, 3.8) is 0 Å². The monoisotopic (exact) mass is 413 g/mol. The normalized spacial score (nSPS) is 12.3. The summed E-state index contributed by atoms with van der Waals surface area (Å²) in [5.74, 6) is 0.336. The molecule has 29 heavy (non-hydrogen) atoms. The zero-order valence-corrected chi connectivity index (χ0v) is 18.6. The fourth-order valence-corrected chi connectivity index (χ4v) is 4.49. The van der Waals surface area contributed by atoms with Gasteiger partial charge in [-0.3, -0.25) is 4.79 Å². The Morgan fingerprint density at radius 2 is 1.97 bits per heavy atom. The van der Waals surface area contributed by atoms with Gasteiger partial charge in [-0.25, -0.2) is 0 Å². The van der Waals surface area contributed by atoms with E-state index in [1.54, 1.807) is 11.8 Å². The summed E-state index contributed by atoms with van der Waals surface area (Å²) in [6, 6.07) is 8.24. The number of carbonyl (C=O) groups is 1. The molecule has 3 aromatic rings. The average Bonchev–Trinajstić information content (AvgIpc) is 3.24. The van der Waals surface area contributed by atoms with E-state index in [1.165, 1.54) is 17.3 Å². The smallest absolute Gasteiger partial charge is 0.214 e. The Balaban J connectivity index is 1.78. The third kappa shape index (κ3) is 4.43. The maximum Gasteiger partial charge on any atom is 0.214 e. The summed E-state index contributed by atoms with van der Waals surface area (Å²) in [6.45, 7) is 10.8. The Bertz CT molecular complexity index is 1020. The number of benzene rings is 1. The van der Waals surface area contributed by atoms with Gasteiger partial charge in [0.05, 0.1) is 24.1 Å². The summed E-state index contributed by atoms with van der Waals surface area (Å²) in [5, 5.41) is 12.6. The molecule has 0 radical (unpaired) electrons. The van der Waals surface area contributed by atoms with E-state index in [0.717, 1.165) is 28.2 Å². The number of hydrogen-bond acceptors (Lipinski definition) is 6. The highest BCUT2D eigenvalue weighted by molar-refractivity contribution is 7.99. The van der Waals surface area contributed by atoms with E-state index in [0.29, 0.717) is 11.8 Å². The second-order valence-electron chi connectivity index (χ2n) is 7.33. The first kappa shape index (κ1) is 21.3. The second-order valence-corrected chi connectivity index (χ2v) is 8.28. The molecule has 0 aliphatic heterocycles. The Hall–Kier alpha value is -2.45. The second kappa shape index (κ2) is 8.92. The molecule has 0 aliphatic carbocycles. The van der Waals surface area contributed by atoms with E-state index >= 15 is 0 Å². The van der Waals surface area contributed by atoms with Gasteiger partial charge < -0.3 is 9.30 Å². The van der Waals surface area contributed by atoms with Gasteiger partial charge in [0.15, 0.2) is 5.78 Å². The quantitative estimate of drug-likeness (QED) is 0.412. The topological polar surface area (TPSA) is 74.8 Å². The molecule has 0 aliphatic rings. The van der Waals surface area contributed by atoms with Gasteiger partial charge in [-0.1, -0.05) is 29.5 Å². The maximum atomic E-state index is 12.9. The van der Waals surface area contributed by atoms with Crippen LogP contribution in [0.15, 0.2) is 29.4 Å². The Morgan fingerprint density at radius 1 is 1.21 bits per heavy atom. The molecule has 3 rings (SSSR count). The molecular weight excluding hydrogens is 386 g/mol. The summed E-state index contributed by atoms with van der Waals surface area (Å²) in [6.07, 6.45) is 0. The molecule has 1 atom stereocenters. The highest BCUT2D eigenvalue weighted by atomic mass is 32.2. The third-order valence-electron chi connectivity index (χ3n) is 4.99. The van der Waals surface area contributed by atoms with Crippen LogP contribution >= 0.6 is 11.8 Å². The fraction of sp³-hybridized carbons (Fsp3) is 0.429. The number of aryl methyl sites for hydroxylation is 3. The van der Waals surface area contributed by atoms with E-state index in [1.807, 2.05) is 39.0 Å². The van der Waals surface area contributed by atoms with Crippen molar-refractivity contribution in [3.05, 3.63) is 52.3 Å². The van der Waals surface area contributed by atoms with Gasteiger partial charge in [0.2, 0.25) is 5.16 Å². The molecule has 0 fully saturated rings. The van der Waals surface area contributed by atoms with Crippen molar-refractivity contribution in [1.82, 2.24) is 24.8 Å². The summed E-state index contributed by atoms with van der Waals surface area (Å²) >= 11 is 1.35. The van der Waals surface area contributed by atoms with Crippen molar-refractivity contribution in [2.75, 3.05) is 19.5 Å². The number of carbonyl (C=O) groups excluding carboxylic acids is 1. The van der Waals surface area contributed by atoms with Crippen LogP contribution in [-0.4, -0.2) is 50.0 Å². The minimum atomic E-state index is 0.0640. The first-order chi connectivity index (χ1) is 13.8. The third-order valence-corrected chi connectivity index (χ3v) is 5.91. The van der Waals surface area contributed by atoms with Gasteiger partial charge in [0.1, 0.15) is 0 Å². The largest absolute Gasteiger partial charge is 0.383 e. The van der Waals surface area contributed by atoms with Crippen molar-refractivity contribution in [1.29, 1.82) is 0 Å². The Labute approximate surface area is 175 Å². The number of hydrogen-bond donors (Lipinski definition) is 0. The molecule has 0 saturated carbocycles. The zero-order chi connectivity index (χ0) is 21.1. The summed E-state index contributed by atoms with van der Waals surface area (Å²) in [4.78, 5) is 12.9. The van der Waals surface area contributed by atoms with Gasteiger partial charge >= 0.3 is 0 Å². The number of ketones is 1. The number of ether oxygens (including phenoxy) is 1. The lowest BCUT2D eigenvalue weighted by atomic mass is 10.1. The highest BCUT2D eigenvalue weighted by Crippen LogP contribution is 2.25. The zero-order valence-electron chi connectivity index (χ0n) is 17.8. The summed E-state index contributed by atoms with van der Waals surface area (Å²) in [7, 11) is 1.69. The van der Waals surface area contributed by atoms with Crippen LogP contribution in [0.3, 0.4) is 0 Å². The van der Waals surface area contributed by atoms with Gasteiger partial charge in [0.25, 0.3) is 0 Å². The molecule has 0 N–H and O–H groups in total. The van der Waals surface area contributed by atoms with E-state index < -0.39 is 0 Å². The molecule has 1 aromatic carbocycles. The number of methoxy groups -OCH3 is 1. The number of rotatable bonds is 8. The van der Waals surface area contributed by atoms with E-state index in [9.17, 15) is 4.79 Å². The van der Waals surface area contributed by atoms with Gasteiger partial charge in [-0.05, 0) is 62.7 Å². The van der Waals surface area contributed by atoms with Crippen LogP contribution in [-0.2, 0) is 4.74 Å². The lowest BCUT2D eigenvalue weighted by Crippen LogP contribution is -2.15. The Kier molecular flexibility index (Phi) is 6.54. The maximum absolute atomic E-state index is 12.9. The fourth-order valence-electron chi connectivity index (χ4n) is 3.72. The van der Waals surface area contributed by atoms with Crippen molar-refractivity contribution in [2.45, 2.75) is 45.8 Å². The standard InChI is InChI=1S/C21H27N5O2S/c1-13-7-8-19(14(2)9-13)26-21(22-23-24-26)29-12-20(27)18-10-15(3)25(17(18)5)16(4)11-28-6/h7-10,16H,11-12H2,1-6H3/t16-/m1/s1. The number of Topliss-reactive ketones (excluding diaryl/α,β-unsaturated/α-hetero) is 1. The number of tetrazole rings is 1. The van der Waals surface area contributed by atoms with Crippen molar-refractivity contribution in [2.24, 2.45) is 0 Å². The van der Waals surface area contributed by atoms with E-state index in [-0.39, 0.29) is 17.6 Å². The molecule has 0 unspecified atom stereocenters. The molecule has 154 valence electrons. The van der Waals surface area contributed by atoms with Crippen LogP contribution in [0.4, 0.5) is 0 Å². The summed E-state index contributed by atoms with van der Waals surface area (Å²) in [5.41, 5.74) is 5.95. The van der Waals surface area contributed by atoms with Crippen LogP contribution in [0.1, 0.15) is 45.8 Å². The molecule has 0 amide bonds. The van der Waals surface area contributed by atoms with Crippen LogP contribution in [0.25, 0.3) is 5.69 Å². The van der Waals surface area contributed by atoms with Crippen LogP contribution in [0, 0.1) is 27.7 Å². The van der Waals surface area contributed by atoms with Crippen molar-refractivity contribution < 1.29 is 9.53 Å². The summed E-state index contributed by atoms with van der Waals surface area (Å²) < 4.78 is 9.12. The number of aromatic nitrogens is 5. The van der Waals surface area contributed by atoms with Crippen LogP contribution < -0.4 is 0 Å². The average molecular weight is 414 g/mol. The van der Waals surface area contributed by atoms with E-state index in [2.05, 4.69) is 40.0 Å². The molecule has 2 aromatic heterocycles. The molecule has 8 heteroatoms. The van der Waals surface area contributed by atoms with Gasteiger partial charge in [-0.2, -0.15) is 4.68 Å². The molecular formula is C21H27N5O2S. The minimum absolute atomic E-state index is 0.0640. The lowest BCUT2D eigenvalue weighted by Gasteiger charge is -2.17. The number of nitrogens with zero attached hydrogens (tertiary/aromatic N) is 5. The van der Waals surface area contributed by atoms with Gasteiger partial charge in [-0.15, -0.1) is 5.10 Å². The van der Waals surface area contributed by atoms with Gasteiger partial charge in [0, 0.05) is 24.1 Å². The highest BCUT2D eigenvalue weighted by Gasteiger charge is 2.20. The van der Waals surface area contributed by atoms with Crippen LogP contribution in [0.2, 0.25) is 0 Å². The van der Waals surface area contributed by atoms with Crippen molar-refractivity contribution >= 4 is 17.5 Å². The minimum Gasteiger partial charge on any atom is -0.383 e. The first-order valence-electron chi connectivity index (χ1n) is 9.52. The number of thioether (sulfide) groups is 1. The SMILES string of the molecule is COC[C@@H](C)n1c(C)cc(C(=O)CSc2nnnn2-c2ccc(C)cc2C)c1C. The molecule has 0 spiro atoms. The molecule has 2 heterocycles. The molecule has 7 nitrogen and oxygen atoms in total. The molecule has 0 saturated heterocycles. The predicted molar refractivity (Wildman–Crippen MR) is 114 cm³/mol.